The van der Waals surface area contributed by atoms with Crippen LogP contribution in [0.15, 0.2) is 24.3 Å². The van der Waals surface area contributed by atoms with Crippen LogP contribution < -0.4 is 10.1 Å². The van der Waals surface area contributed by atoms with Gasteiger partial charge < -0.3 is 10.1 Å². The van der Waals surface area contributed by atoms with Crippen LogP contribution in [-0.4, -0.2) is 13.7 Å². The van der Waals surface area contributed by atoms with E-state index >= 15 is 0 Å². The van der Waals surface area contributed by atoms with E-state index in [-0.39, 0.29) is 6.04 Å². The minimum Gasteiger partial charge on any atom is -0.496 e. The molecule has 0 radical (unpaired) electrons. The molecule has 0 aliphatic rings. The Hall–Kier alpha value is -1.03. The van der Waals surface area contributed by atoms with Crippen molar-refractivity contribution in [1.82, 2.24) is 5.32 Å². The number of thiophene rings is 1. The van der Waals surface area contributed by atoms with Crippen molar-refractivity contribution in [2.24, 2.45) is 0 Å². The highest BCUT2D eigenvalue weighted by molar-refractivity contribution is 7.16. The zero-order chi connectivity index (χ0) is 14.7. The summed E-state index contributed by atoms with van der Waals surface area (Å²) in [6.45, 7) is 7.22. The maximum absolute atomic E-state index is 6.08. The van der Waals surface area contributed by atoms with Gasteiger partial charge in [-0.1, -0.05) is 24.6 Å². The summed E-state index contributed by atoms with van der Waals surface area (Å²) in [4.78, 5) is 1.24. The van der Waals surface area contributed by atoms with Gasteiger partial charge >= 0.3 is 0 Å². The molecule has 0 amide bonds. The second-order valence-corrected chi connectivity index (χ2v) is 6.56. The van der Waals surface area contributed by atoms with Crippen molar-refractivity contribution < 1.29 is 4.74 Å². The third-order valence-electron chi connectivity index (χ3n) is 3.38. The smallest absolute Gasteiger partial charge is 0.122 e. The summed E-state index contributed by atoms with van der Waals surface area (Å²) < 4.78 is 6.22. The van der Waals surface area contributed by atoms with E-state index in [1.807, 2.05) is 6.07 Å². The molecule has 0 saturated heterocycles. The van der Waals surface area contributed by atoms with Crippen LogP contribution in [0.25, 0.3) is 0 Å². The highest BCUT2D eigenvalue weighted by Crippen LogP contribution is 2.34. The number of benzene rings is 1. The maximum atomic E-state index is 6.08. The highest BCUT2D eigenvalue weighted by Gasteiger charge is 2.18. The molecule has 2 rings (SSSR count). The van der Waals surface area contributed by atoms with Gasteiger partial charge in [-0.2, -0.15) is 0 Å². The standard InChI is InChI=1S/C16H20ClNOS/c1-5-18-16(14-6-7-15(17)20-14)12-8-11(3)13(19-4)9-10(12)2/h6-9,16,18H,5H2,1-4H3. The van der Waals surface area contributed by atoms with Crippen LogP contribution in [0.5, 0.6) is 5.75 Å². The van der Waals surface area contributed by atoms with E-state index in [9.17, 15) is 0 Å². The Morgan fingerprint density at radius 1 is 1.25 bits per heavy atom. The fraction of sp³-hybridized carbons (Fsp3) is 0.375. The number of halogens is 1. The summed E-state index contributed by atoms with van der Waals surface area (Å²) in [7, 11) is 1.71. The summed E-state index contributed by atoms with van der Waals surface area (Å²) in [6, 6.07) is 8.54. The zero-order valence-corrected chi connectivity index (χ0v) is 13.9. The largest absolute Gasteiger partial charge is 0.496 e. The first-order valence-electron chi connectivity index (χ1n) is 6.70. The molecule has 2 aromatic rings. The van der Waals surface area contributed by atoms with Crippen LogP contribution >= 0.6 is 22.9 Å². The van der Waals surface area contributed by atoms with Gasteiger partial charge in [-0.15, -0.1) is 11.3 Å². The van der Waals surface area contributed by atoms with Crippen LogP contribution in [0.1, 0.15) is 34.5 Å². The fourth-order valence-corrected chi connectivity index (χ4v) is 3.55. The molecule has 2 nitrogen and oxygen atoms in total. The molecule has 0 fully saturated rings. The monoisotopic (exact) mass is 309 g/mol. The third-order valence-corrected chi connectivity index (χ3v) is 4.68. The number of ether oxygens (including phenoxy) is 1. The molecular weight excluding hydrogens is 290 g/mol. The molecule has 1 heterocycles. The predicted octanol–water partition coefficient (Wildman–Crippen LogP) is 4.73. The number of methoxy groups -OCH3 is 1. The van der Waals surface area contributed by atoms with Crippen molar-refractivity contribution in [3.8, 4) is 5.75 Å². The predicted molar refractivity (Wildman–Crippen MR) is 87.3 cm³/mol. The van der Waals surface area contributed by atoms with Gasteiger partial charge in [0.2, 0.25) is 0 Å². The number of hydrogen-bond donors (Lipinski definition) is 1. The third kappa shape index (κ3) is 3.17. The molecule has 0 aliphatic heterocycles. The van der Waals surface area contributed by atoms with Crippen LogP contribution in [0.2, 0.25) is 4.34 Å². The van der Waals surface area contributed by atoms with Gasteiger partial charge in [0.1, 0.15) is 5.75 Å². The minimum atomic E-state index is 0.183. The van der Waals surface area contributed by atoms with Gasteiger partial charge in [0, 0.05) is 4.88 Å². The van der Waals surface area contributed by atoms with E-state index in [4.69, 9.17) is 16.3 Å². The fourth-order valence-electron chi connectivity index (χ4n) is 2.39. The van der Waals surface area contributed by atoms with Crippen LogP contribution in [0.4, 0.5) is 0 Å². The van der Waals surface area contributed by atoms with Crippen molar-refractivity contribution in [3.05, 3.63) is 50.2 Å². The van der Waals surface area contributed by atoms with Crippen molar-refractivity contribution in [1.29, 1.82) is 0 Å². The van der Waals surface area contributed by atoms with E-state index in [0.29, 0.717) is 0 Å². The summed E-state index contributed by atoms with van der Waals surface area (Å²) in [6.07, 6.45) is 0. The second-order valence-electron chi connectivity index (χ2n) is 4.81. The number of aryl methyl sites for hydroxylation is 2. The Balaban J connectivity index is 2.46. The number of nitrogens with one attached hydrogen (secondary N) is 1. The molecule has 1 aromatic heterocycles. The lowest BCUT2D eigenvalue weighted by Gasteiger charge is -2.21. The molecular formula is C16H20ClNOS. The molecule has 108 valence electrons. The van der Waals surface area contributed by atoms with Crippen molar-refractivity contribution in [2.75, 3.05) is 13.7 Å². The average molecular weight is 310 g/mol. The average Bonchev–Trinajstić information content (AvgIpc) is 2.85. The lowest BCUT2D eigenvalue weighted by atomic mass is 9.97. The summed E-state index contributed by atoms with van der Waals surface area (Å²) >= 11 is 7.71. The normalized spacial score (nSPS) is 12.4. The van der Waals surface area contributed by atoms with Gasteiger partial charge in [-0.05, 0) is 55.3 Å². The molecule has 1 unspecified atom stereocenters. The van der Waals surface area contributed by atoms with Crippen LogP contribution in [-0.2, 0) is 0 Å². The van der Waals surface area contributed by atoms with Crippen molar-refractivity contribution in [2.45, 2.75) is 26.8 Å². The molecule has 4 heteroatoms. The molecule has 20 heavy (non-hydrogen) atoms. The summed E-state index contributed by atoms with van der Waals surface area (Å²) in [5.74, 6) is 0.936. The van der Waals surface area contributed by atoms with E-state index < -0.39 is 0 Å². The van der Waals surface area contributed by atoms with Gasteiger partial charge in [0.25, 0.3) is 0 Å². The van der Waals surface area contributed by atoms with Gasteiger partial charge in [0.15, 0.2) is 0 Å². The maximum Gasteiger partial charge on any atom is 0.122 e. The Labute approximate surface area is 129 Å². The SMILES string of the molecule is CCNC(c1ccc(Cl)s1)c1cc(C)c(OC)cc1C. The molecule has 1 aromatic carbocycles. The molecule has 0 aliphatic carbocycles. The molecule has 0 spiro atoms. The Bertz CT molecular complexity index is 594. The van der Waals surface area contributed by atoms with Crippen molar-refractivity contribution in [3.63, 3.8) is 0 Å². The first-order valence-corrected chi connectivity index (χ1v) is 7.90. The Morgan fingerprint density at radius 3 is 2.55 bits per heavy atom. The Morgan fingerprint density at radius 2 is 2.00 bits per heavy atom. The van der Waals surface area contributed by atoms with E-state index in [0.717, 1.165) is 22.2 Å². The van der Waals surface area contributed by atoms with Gasteiger partial charge in [-0.3, -0.25) is 0 Å². The second kappa shape index (κ2) is 6.61. The van der Waals surface area contributed by atoms with E-state index in [1.54, 1.807) is 18.4 Å². The Kier molecular flexibility index (Phi) is 5.08. The summed E-state index contributed by atoms with van der Waals surface area (Å²) in [5.41, 5.74) is 3.66. The van der Waals surface area contributed by atoms with Crippen LogP contribution in [0.3, 0.4) is 0 Å². The zero-order valence-electron chi connectivity index (χ0n) is 12.3. The topological polar surface area (TPSA) is 21.3 Å². The quantitative estimate of drug-likeness (QED) is 0.862. The van der Waals surface area contributed by atoms with E-state index in [1.165, 1.54) is 16.0 Å². The highest BCUT2D eigenvalue weighted by atomic mass is 35.5. The molecule has 1 N–H and O–H groups in total. The number of hydrogen-bond acceptors (Lipinski definition) is 3. The minimum absolute atomic E-state index is 0.183. The van der Waals surface area contributed by atoms with Crippen LogP contribution in [0, 0.1) is 13.8 Å². The lowest BCUT2D eigenvalue weighted by molar-refractivity contribution is 0.411. The lowest BCUT2D eigenvalue weighted by Crippen LogP contribution is -2.22. The molecule has 1 atom stereocenters. The first kappa shape index (κ1) is 15.4. The number of rotatable bonds is 5. The summed E-state index contributed by atoms with van der Waals surface area (Å²) in [5, 5.41) is 3.55. The van der Waals surface area contributed by atoms with Crippen molar-refractivity contribution >= 4 is 22.9 Å². The van der Waals surface area contributed by atoms with Gasteiger partial charge in [0.05, 0.1) is 17.5 Å². The van der Waals surface area contributed by atoms with E-state index in [2.05, 4.69) is 44.3 Å². The molecule has 0 saturated carbocycles. The molecule has 0 bridgehead atoms. The van der Waals surface area contributed by atoms with Gasteiger partial charge in [-0.25, -0.2) is 0 Å². The first-order chi connectivity index (χ1) is 9.56.